The molecule has 0 radical (unpaired) electrons. The highest BCUT2D eigenvalue weighted by molar-refractivity contribution is 7.26. The molecule has 3 aliphatic rings. The van der Waals surface area contributed by atoms with E-state index in [9.17, 15) is 0 Å². The van der Waals surface area contributed by atoms with Crippen molar-refractivity contribution < 1.29 is 0 Å². The summed E-state index contributed by atoms with van der Waals surface area (Å²) in [5.41, 5.74) is 10.8. The number of hydrogen-bond acceptors (Lipinski definition) is 2. The number of hydrogen-bond donors (Lipinski definition) is 0. The van der Waals surface area contributed by atoms with E-state index in [0.29, 0.717) is 0 Å². The zero-order valence-electron chi connectivity index (χ0n) is 30.0. The van der Waals surface area contributed by atoms with E-state index in [-0.39, 0.29) is 5.41 Å². The molecule has 3 saturated carbocycles. The Bertz CT molecular complexity index is 2310. The minimum atomic E-state index is 0.0792. The van der Waals surface area contributed by atoms with Crippen LogP contribution in [-0.4, -0.2) is 0 Å². The molecule has 10 rings (SSSR count). The normalized spacial score (nSPS) is 21.0. The maximum absolute atomic E-state index is 2.50. The van der Waals surface area contributed by atoms with Crippen molar-refractivity contribution in [3.8, 4) is 11.1 Å². The Labute approximate surface area is 313 Å². The van der Waals surface area contributed by atoms with Gasteiger partial charge in [0.2, 0.25) is 0 Å². The summed E-state index contributed by atoms with van der Waals surface area (Å²) in [4.78, 5) is 2.50. The van der Waals surface area contributed by atoms with E-state index in [0.717, 1.165) is 17.8 Å². The Hall–Kier alpha value is -4.66. The second-order valence-electron chi connectivity index (χ2n) is 15.9. The molecule has 3 aliphatic carbocycles. The van der Waals surface area contributed by atoms with Gasteiger partial charge in [0.1, 0.15) is 0 Å². The molecule has 2 bridgehead atoms. The Balaban J connectivity index is 1.07. The molecule has 0 amide bonds. The molecular formula is C50H47NS. The summed E-state index contributed by atoms with van der Waals surface area (Å²) in [5.74, 6) is 2.58. The van der Waals surface area contributed by atoms with Crippen LogP contribution in [0.2, 0.25) is 0 Å². The van der Waals surface area contributed by atoms with Crippen LogP contribution in [0.25, 0.3) is 31.3 Å². The second kappa shape index (κ2) is 13.4. The summed E-state index contributed by atoms with van der Waals surface area (Å²) >= 11 is 1.91. The van der Waals surface area contributed by atoms with Gasteiger partial charge < -0.3 is 4.90 Å². The summed E-state index contributed by atoms with van der Waals surface area (Å²) in [6.45, 7) is 0. The number of thiophene rings is 1. The van der Waals surface area contributed by atoms with E-state index in [1.54, 1.807) is 0 Å². The van der Waals surface area contributed by atoms with Crippen LogP contribution in [0.4, 0.5) is 17.1 Å². The summed E-state index contributed by atoms with van der Waals surface area (Å²) in [6, 6.07) is 55.5. The molecule has 0 N–H and O–H groups in total. The largest absolute Gasteiger partial charge is 0.310 e. The Morgan fingerprint density at radius 1 is 0.538 bits per heavy atom. The molecule has 1 aromatic heterocycles. The lowest BCUT2D eigenvalue weighted by Gasteiger charge is -2.35. The van der Waals surface area contributed by atoms with Crippen molar-refractivity contribution in [2.24, 2.45) is 11.8 Å². The Morgan fingerprint density at radius 2 is 1.21 bits per heavy atom. The molecular weight excluding hydrogens is 647 g/mol. The Kier molecular flexibility index (Phi) is 8.25. The molecule has 52 heavy (non-hydrogen) atoms. The third-order valence-corrected chi connectivity index (χ3v) is 14.2. The van der Waals surface area contributed by atoms with Gasteiger partial charge in [-0.25, -0.2) is 0 Å². The van der Waals surface area contributed by atoms with Crippen molar-refractivity contribution >= 4 is 48.6 Å². The van der Waals surface area contributed by atoms with E-state index in [1.165, 1.54) is 129 Å². The van der Waals surface area contributed by atoms with Crippen LogP contribution >= 0.6 is 11.3 Å². The summed E-state index contributed by atoms with van der Waals surface area (Å²) in [5, 5.41) is 2.70. The van der Waals surface area contributed by atoms with Crippen molar-refractivity contribution in [3.63, 3.8) is 0 Å². The minimum absolute atomic E-state index is 0.0792. The summed E-state index contributed by atoms with van der Waals surface area (Å²) in [6.07, 6.45) is 13.4. The maximum atomic E-state index is 2.50. The third kappa shape index (κ3) is 5.58. The molecule has 7 aromatic rings. The van der Waals surface area contributed by atoms with Gasteiger partial charge in [-0.15, -0.1) is 11.3 Å². The fraction of sp³-hybridized carbons (Fsp3) is 0.280. The standard InChI is InChI=1S/C50H47NS/c1-2-10-31-50(30-9-1,39-14-7-4-8-15-39)40-22-26-42(27-23-40)51(41-24-20-37(21-25-41)46-33-35-18-19-38(46)32-35)43-28-29-45-48(34-43)52-47-17-11-16-44(49(45)47)36-12-5-3-6-13-36/h3-8,11-17,20-29,34-35,38,46H,1-2,9-10,18-19,30-33H2. The molecule has 0 spiro atoms. The molecule has 3 fully saturated rings. The molecule has 1 heterocycles. The van der Waals surface area contributed by atoms with Gasteiger partial charge in [0.25, 0.3) is 0 Å². The van der Waals surface area contributed by atoms with Gasteiger partial charge in [-0.3, -0.25) is 0 Å². The van der Waals surface area contributed by atoms with Gasteiger partial charge in [0, 0.05) is 42.6 Å². The third-order valence-electron chi connectivity index (χ3n) is 13.1. The van der Waals surface area contributed by atoms with Crippen LogP contribution in [0.5, 0.6) is 0 Å². The Morgan fingerprint density at radius 3 is 1.90 bits per heavy atom. The number of fused-ring (bicyclic) bond motifs is 5. The molecule has 0 aliphatic heterocycles. The van der Waals surface area contributed by atoms with Gasteiger partial charge in [-0.1, -0.05) is 135 Å². The lowest BCUT2D eigenvalue weighted by atomic mass is 9.69. The van der Waals surface area contributed by atoms with Crippen molar-refractivity contribution in [1.82, 2.24) is 0 Å². The average molecular weight is 694 g/mol. The molecule has 258 valence electrons. The zero-order chi connectivity index (χ0) is 34.5. The first-order valence-electron chi connectivity index (χ1n) is 19.8. The predicted molar refractivity (Wildman–Crippen MR) is 223 cm³/mol. The van der Waals surface area contributed by atoms with E-state index in [4.69, 9.17) is 0 Å². The molecule has 0 saturated heterocycles. The number of benzene rings is 6. The monoisotopic (exact) mass is 693 g/mol. The fourth-order valence-electron chi connectivity index (χ4n) is 10.5. The van der Waals surface area contributed by atoms with E-state index < -0.39 is 0 Å². The van der Waals surface area contributed by atoms with Gasteiger partial charge in [0.15, 0.2) is 0 Å². The van der Waals surface area contributed by atoms with E-state index in [1.807, 2.05) is 11.3 Å². The van der Waals surface area contributed by atoms with Crippen LogP contribution in [0.1, 0.15) is 86.8 Å². The fourth-order valence-corrected chi connectivity index (χ4v) is 11.7. The van der Waals surface area contributed by atoms with Crippen LogP contribution < -0.4 is 4.90 Å². The van der Waals surface area contributed by atoms with E-state index in [2.05, 4.69) is 150 Å². The minimum Gasteiger partial charge on any atom is -0.310 e. The number of anilines is 3. The van der Waals surface area contributed by atoms with Gasteiger partial charge in [0.05, 0.1) is 0 Å². The molecule has 2 heteroatoms. The van der Waals surface area contributed by atoms with Crippen LogP contribution in [-0.2, 0) is 5.41 Å². The summed E-state index contributed by atoms with van der Waals surface area (Å²) < 4.78 is 2.67. The zero-order valence-corrected chi connectivity index (χ0v) is 30.8. The van der Waals surface area contributed by atoms with Crippen molar-refractivity contribution in [1.29, 1.82) is 0 Å². The lowest BCUT2D eigenvalue weighted by Crippen LogP contribution is -2.27. The molecule has 3 atom stereocenters. The molecule has 1 nitrogen and oxygen atoms in total. The van der Waals surface area contributed by atoms with Crippen molar-refractivity contribution in [2.75, 3.05) is 4.90 Å². The van der Waals surface area contributed by atoms with Crippen molar-refractivity contribution in [3.05, 3.63) is 162 Å². The smallest absolute Gasteiger partial charge is 0.0476 e. The second-order valence-corrected chi connectivity index (χ2v) is 17.0. The number of rotatable bonds is 7. The highest BCUT2D eigenvalue weighted by Crippen LogP contribution is 2.53. The maximum Gasteiger partial charge on any atom is 0.0476 e. The average Bonchev–Trinajstić information content (AvgIpc) is 3.89. The van der Waals surface area contributed by atoms with Gasteiger partial charge in [-0.05, 0) is 120 Å². The van der Waals surface area contributed by atoms with Gasteiger partial charge in [-0.2, -0.15) is 0 Å². The summed E-state index contributed by atoms with van der Waals surface area (Å²) in [7, 11) is 0. The van der Waals surface area contributed by atoms with E-state index >= 15 is 0 Å². The van der Waals surface area contributed by atoms with Crippen LogP contribution in [0.15, 0.2) is 146 Å². The molecule has 6 aromatic carbocycles. The first-order chi connectivity index (χ1) is 25.7. The molecule has 3 unspecified atom stereocenters. The quantitative estimate of drug-likeness (QED) is 0.150. The van der Waals surface area contributed by atoms with Crippen LogP contribution in [0.3, 0.4) is 0 Å². The highest BCUT2D eigenvalue weighted by Gasteiger charge is 2.40. The first kappa shape index (κ1) is 32.0. The van der Waals surface area contributed by atoms with Gasteiger partial charge >= 0.3 is 0 Å². The lowest BCUT2D eigenvalue weighted by molar-refractivity contribution is 0.420. The number of nitrogens with zero attached hydrogens (tertiary/aromatic N) is 1. The van der Waals surface area contributed by atoms with Crippen molar-refractivity contribution in [2.45, 2.75) is 75.5 Å². The SMILES string of the molecule is c1ccc(-c2cccc3sc4cc(N(c5ccc(C6CC7CCC6C7)cc5)c5ccc(C6(c7ccccc7)CCCCCC6)cc5)ccc4c23)cc1. The van der Waals surface area contributed by atoms with Crippen LogP contribution in [0, 0.1) is 11.8 Å². The highest BCUT2D eigenvalue weighted by atomic mass is 32.1. The first-order valence-corrected chi connectivity index (χ1v) is 20.6. The predicted octanol–water partition coefficient (Wildman–Crippen LogP) is 14.7. The topological polar surface area (TPSA) is 3.24 Å².